The second-order valence-corrected chi connectivity index (χ2v) is 3.43. The van der Waals surface area contributed by atoms with E-state index in [-0.39, 0.29) is 0 Å². The van der Waals surface area contributed by atoms with E-state index in [4.69, 9.17) is 17.3 Å². The van der Waals surface area contributed by atoms with Crippen molar-refractivity contribution < 1.29 is 0 Å². The van der Waals surface area contributed by atoms with Crippen LogP contribution in [0.1, 0.15) is 13.3 Å². The first kappa shape index (κ1) is 10.4. The normalized spacial score (nSPS) is 12.5. The van der Waals surface area contributed by atoms with Gasteiger partial charge in [-0.3, -0.25) is 0 Å². The lowest BCUT2D eigenvalue weighted by Gasteiger charge is -2.15. The van der Waals surface area contributed by atoms with Crippen LogP contribution in [0, 0.1) is 0 Å². The Morgan fingerprint density at radius 2 is 2.00 bits per heavy atom. The average molecular weight is 199 g/mol. The highest BCUT2D eigenvalue weighted by Gasteiger charge is 2.01. The van der Waals surface area contributed by atoms with E-state index in [1.165, 1.54) is 0 Å². The maximum absolute atomic E-state index is 5.76. The van der Waals surface area contributed by atoms with E-state index in [0.717, 1.165) is 17.1 Å². The van der Waals surface area contributed by atoms with Gasteiger partial charge in [0.05, 0.1) is 0 Å². The van der Waals surface area contributed by atoms with Crippen molar-refractivity contribution in [1.29, 1.82) is 0 Å². The Morgan fingerprint density at radius 3 is 2.46 bits per heavy atom. The fraction of sp³-hybridized carbons (Fsp3) is 0.400. The molecule has 1 atom stereocenters. The van der Waals surface area contributed by atoms with Gasteiger partial charge in [-0.25, -0.2) is 0 Å². The Hall–Kier alpha value is -0.730. The van der Waals surface area contributed by atoms with Gasteiger partial charge in [-0.2, -0.15) is 0 Å². The van der Waals surface area contributed by atoms with E-state index < -0.39 is 0 Å². The predicted octanol–water partition coefficient (Wildman–Crippen LogP) is 2.49. The second-order valence-electron chi connectivity index (χ2n) is 2.99. The molecule has 0 aromatic heterocycles. The number of rotatable bonds is 4. The maximum atomic E-state index is 5.76. The molecule has 0 aliphatic carbocycles. The molecule has 0 saturated carbocycles. The second kappa shape index (κ2) is 5.10. The molecule has 0 aliphatic rings. The highest BCUT2D eigenvalue weighted by Crippen LogP contribution is 2.14. The molecule has 0 bridgehead atoms. The highest BCUT2D eigenvalue weighted by atomic mass is 35.5. The molecule has 0 spiro atoms. The summed E-state index contributed by atoms with van der Waals surface area (Å²) in [5.41, 5.74) is 6.64. The lowest BCUT2D eigenvalue weighted by molar-refractivity contribution is 0.704. The zero-order valence-electron chi connectivity index (χ0n) is 7.76. The largest absolute Gasteiger partial charge is 0.381 e. The minimum atomic E-state index is 0.348. The SMILES string of the molecule is CCC(CN)Nc1ccc(Cl)cc1. The van der Waals surface area contributed by atoms with Gasteiger partial charge >= 0.3 is 0 Å². The molecular weight excluding hydrogens is 184 g/mol. The number of halogens is 1. The summed E-state index contributed by atoms with van der Waals surface area (Å²) in [5, 5.41) is 4.08. The van der Waals surface area contributed by atoms with Crippen molar-refractivity contribution >= 4 is 17.3 Å². The van der Waals surface area contributed by atoms with Crippen LogP contribution in [0.2, 0.25) is 5.02 Å². The van der Waals surface area contributed by atoms with E-state index in [9.17, 15) is 0 Å². The Bertz CT molecular complexity index is 242. The fourth-order valence-corrected chi connectivity index (χ4v) is 1.24. The van der Waals surface area contributed by atoms with Crippen LogP contribution >= 0.6 is 11.6 Å². The molecule has 1 aromatic carbocycles. The predicted molar refractivity (Wildman–Crippen MR) is 58.2 cm³/mol. The van der Waals surface area contributed by atoms with Crippen molar-refractivity contribution in [3.63, 3.8) is 0 Å². The maximum Gasteiger partial charge on any atom is 0.0407 e. The van der Waals surface area contributed by atoms with Crippen LogP contribution in [0.4, 0.5) is 5.69 Å². The number of nitrogens with two attached hydrogens (primary N) is 1. The molecule has 3 heteroatoms. The lowest BCUT2D eigenvalue weighted by Crippen LogP contribution is -2.27. The zero-order chi connectivity index (χ0) is 9.68. The standard InChI is InChI=1S/C10H15ClN2/c1-2-9(7-12)13-10-5-3-8(11)4-6-10/h3-6,9,13H,2,7,12H2,1H3. The Labute approximate surface area is 84.1 Å². The van der Waals surface area contributed by atoms with Gasteiger partial charge in [-0.1, -0.05) is 18.5 Å². The number of anilines is 1. The van der Waals surface area contributed by atoms with Gasteiger partial charge in [-0.15, -0.1) is 0 Å². The third kappa shape index (κ3) is 3.25. The van der Waals surface area contributed by atoms with E-state index in [0.29, 0.717) is 12.6 Å². The Balaban J connectivity index is 2.58. The quantitative estimate of drug-likeness (QED) is 0.780. The van der Waals surface area contributed by atoms with Gasteiger partial charge in [0.1, 0.15) is 0 Å². The van der Waals surface area contributed by atoms with Crippen molar-refractivity contribution in [3.05, 3.63) is 29.3 Å². The molecular formula is C10H15ClN2. The van der Waals surface area contributed by atoms with E-state index in [1.807, 2.05) is 24.3 Å². The fourth-order valence-electron chi connectivity index (χ4n) is 1.11. The molecule has 1 unspecified atom stereocenters. The summed E-state index contributed by atoms with van der Waals surface area (Å²) in [7, 11) is 0. The van der Waals surface area contributed by atoms with Gasteiger partial charge in [0.25, 0.3) is 0 Å². The van der Waals surface area contributed by atoms with Crippen molar-refractivity contribution in [3.8, 4) is 0 Å². The topological polar surface area (TPSA) is 38.0 Å². The zero-order valence-corrected chi connectivity index (χ0v) is 8.51. The van der Waals surface area contributed by atoms with Crippen LogP contribution in [0.3, 0.4) is 0 Å². The Morgan fingerprint density at radius 1 is 1.38 bits per heavy atom. The Kier molecular flexibility index (Phi) is 4.06. The van der Waals surface area contributed by atoms with Gasteiger partial charge < -0.3 is 11.1 Å². The first-order valence-corrected chi connectivity index (χ1v) is 4.86. The summed E-state index contributed by atoms with van der Waals surface area (Å²) in [6, 6.07) is 8.00. The molecule has 0 saturated heterocycles. The van der Waals surface area contributed by atoms with E-state index >= 15 is 0 Å². The van der Waals surface area contributed by atoms with Crippen LogP contribution in [0.25, 0.3) is 0 Å². The van der Waals surface area contributed by atoms with Crippen LogP contribution in [-0.4, -0.2) is 12.6 Å². The monoisotopic (exact) mass is 198 g/mol. The number of benzene rings is 1. The van der Waals surface area contributed by atoms with Crippen LogP contribution in [0.15, 0.2) is 24.3 Å². The number of nitrogens with one attached hydrogen (secondary N) is 1. The molecule has 0 amide bonds. The molecule has 72 valence electrons. The number of hydrogen-bond donors (Lipinski definition) is 2. The van der Waals surface area contributed by atoms with Crippen LogP contribution < -0.4 is 11.1 Å². The molecule has 0 aliphatic heterocycles. The first-order valence-electron chi connectivity index (χ1n) is 4.48. The summed E-state index contributed by atoms with van der Waals surface area (Å²) in [6.07, 6.45) is 1.03. The van der Waals surface area contributed by atoms with Gasteiger partial charge in [-0.05, 0) is 30.7 Å². The third-order valence-corrected chi connectivity index (χ3v) is 2.24. The molecule has 13 heavy (non-hydrogen) atoms. The van der Waals surface area contributed by atoms with Gasteiger partial charge in [0, 0.05) is 23.3 Å². The molecule has 2 nitrogen and oxygen atoms in total. The molecule has 0 radical (unpaired) electrons. The molecule has 0 heterocycles. The minimum Gasteiger partial charge on any atom is -0.381 e. The average Bonchev–Trinajstić information content (AvgIpc) is 2.17. The highest BCUT2D eigenvalue weighted by molar-refractivity contribution is 6.30. The van der Waals surface area contributed by atoms with Crippen LogP contribution in [-0.2, 0) is 0 Å². The summed E-state index contributed by atoms with van der Waals surface area (Å²) in [4.78, 5) is 0. The summed E-state index contributed by atoms with van der Waals surface area (Å²) in [6.45, 7) is 2.76. The van der Waals surface area contributed by atoms with Crippen molar-refractivity contribution in [1.82, 2.24) is 0 Å². The lowest BCUT2D eigenvalue weighted by atomic mass is 10.2. The van der Waals surface area contributed by atoms with Gasteiger partial charge in [0.2, 0.25) is 0 Å². The summed E-state index contributed by atoms with van der Waals surface area (Å²) < 4.78 is 0. The first-order chi connectivity index (χ1) is 6.26. The molecule has 1 rings (SSSR count). The molecule has 0 fully saturated rings. The minimum absolute atomic E-state index is 0.348. The third-order valence-electron chi connectivity index (χ3n) is 1.99. The summed E-state index contributed by atoms with van der Waals surface area (Å²) in [5.74, 6) is 0. The van der Waals surface area contributed by atoms with Crippen molar-refractivity contribution in [2.75, 3.05) is 11.9 Å². The van der Waals surface area contributed by atoms with Gasteiger partial charge in [0.15, 0.2) is 0 Å². The van der Waals surface area contributed by atoms with E-state index in [2.05, 4.69) is 12.2 Å². The summed E-state index contributed by atoms with van der Waals surface area (Å²) >= 11 is 5.76. The van der Waals surface area contributed by atoms with E-state index in [1.54, 1.807) is 0 Å². The van der Waals surface area contributed by atoms with Crippen molar-refractivity contribution in [2.24, 2.45) is 5.73 Å². The van der Waals surface area contributed by atoms with Crippen LogP contribution in [0.5, 0.6) is 0 Å². The molecule has 3 N–H and O–H groups in total. The number of hydrogen-bond acceptors (Lipinski definition) is 2. The smallest absolute Gasteiger partial charge is 0.0407 e. The molecule has 1 aromatic rings. The van der Waals surface area contributed by atoms with Crippen molar-refractivity contribution in [2.45, 2.75) is 19.4 Å².